The quantitative estimate of drug-likeness (QED) is 0.681. The van der Waals surface area contributed by atoms with E-state index >= 15 is 0 Å². The third-order valence-electron chi connectivity index (χ3n) is 3.89. The molecule has 2 N–H and O–H groups in total. The van der Waals surface area contributed by atoms with Crippen molar-refractivity contribution in [1.82, 2.24) is 15.2 Å². The highest BCUT2D eigenvalue weighted by Gasteiger charge is 2.06. The van der Waals surface area contributed by atoms with Crippen LogP contribution in [0.1, 0.15) is 16.7 Å². The predicted octanol–water partition coefficient (Wildman–Crippen LogP) is 4.54. The average molecular weight is 354 g/mol. The summed E-state index contributed by atoms with van der Waals surface area (Å²) >= 11 is 6.00. The van der Waals surface area contributed by atoms with Crippen molar-refractivity contribution in [3.63, 3.8) is 0 Å². The Morgan fingerprint density at radius 3 is 2.56 bits per heavy atom. The number of hydrogen-bond donors (Lipinski definition) is 2. The second-order valence-corrected chi connectivity index (χ2v) is 6.30. The van der Waals surface area contributed by atoms with Gasteiger partial charge in [0.1, 0.15) is 0 Å². The van der Waals surface area contributed by atoms with Crippen LogP contribution in [0.15, 0.2) is 48.7 Å². The van der Waals surface area contributed by atoms with Gasteiger partial charge in [-0.3, -0.25) is 0 Å². The summed E-state index contributed by atoms with van der Waals surface area (Å²) in [5, 5.41) is 15.4. The van der Waals surface area contributed by atoms with E-state index in [0.29, 0.717) is 11.8 Å². The van der Waals surface area contributed by atoms with Gasteiger partial charge in [0, 0.05) is 17.3 Å². The van der Waals surface area contributed by atoms with Crippen molar-refractivity contribution in [1.29, 1.82) is 0 Å². The van der Waals surface area contributed by atoms with E-state index in [4.69, 9.17) is 11.6 Å². The lowest BCUT2D eigenvalue weighted by molar-refractivity contribution is 0.949. The first kappa shape index (κ1) is 17.2. The van der Waals surface area contributed by atoms with Crippen LogP contribution in [0, 0.1) is 13.8 Å². The molecule has 5 nitrogen and oxygen atoms in total. The van der Waals surface area contributed by atoms with E-state index in [1.165, 1.54) is 5.56 Å². The number of nitrogens with one attached hydrogen (secondary N) is 2. The van der Waals surface area contributed by atoms with Gasteiger partial charge in [0.05, 0.1) is 6.20 Å². The van der Waals surface area contributed by atoms with E-state index in [9.17, 15) is 0 Å². The molecule has 0 unspecified atom stereocenters. The maximum Gasteiger partial charge on any atom is 0.249 e. The van der Waals surface area contributed by atoms with Gasteiger partial charge in [0.15, 0.2) is 5.82 Å². The fourth-order valence-corrected chi connectivity index (χ4v) is 2.81. The molecule has 0 atom stereocenters. The van der Waals surface area contributed by atoms with E-state index in [0.717, 1.165) is 34.8 Å². The molecule has 0 amide bonds. The number of hydrogen-bond acceptors (Lipinski definition) is 5. The van der Waals surface area contributed by atoms with Gasteiger partial charge >= 0.3 is 0 Å². The van der Waals surface area contributed by atoms with Crippen molar-refractivity contribution >= 4 is 29.1 Å². The first-order valence-corrected chi connectivity index (χ1v) is 8.51. The van der Waals surface area contributed by atoms with Gasteiger partial charge in [0.25, 0.3) is 0 Å². The molecule has 0 aliphatic heterocycles. The van der Waals surface area contributed by atoms with Crippen LogP contribution in [0.3, 0.4) is 0 Å². The van der Waals surface area contributed by atoms with Crippen LogP contribution < -0.4 is 10.6 Å². The molecule has 0 radical (unpaired) electrons. The van der Waals surface area contributed by atoms with E-state index in [2.05, 4.69) is 57.9 Å². The Morgan fingerprint density at radius 1 is 1.04 bits per heavy atom. The van der Waals surface area contributed by atoms with E-state index in [1.807, 2.05) is 24.3 Å². The number of anilines is 3. The molecule has 0 bridgehead atoms. The summed E-state index contributed by atoms with van der Waals surface area (Å²) in [5.74, 6) is 1.16. The summed E-state index contributed by atoms with van der Waals surface area (Å²) < 4.78 is 0. The Hall–Kier alpha value is -2.66. The topological polar surface area (TPSA) is 62.7 Å². The van der Waals surface area contributed by atoms with Crippen molar-refractivity contribution in [2.24, 2.45) is 0 Å². The molecule has 3 rings (SSSR count). The smallest absolute Gasteiger partial charge is 0.249 e. The summed E-state index contributed by atoms with van der Waals surface area (Å²) in [5.41, 5.74) is 4.47. The molecule has 0 aliphatic rings. The molecule has 0 saturated carbocycles. The van der Waals surface area contributed by atoms with Gasteiger partial charge in [-0.2, -0.15) is 10.1 Å². The number of nitrogens with zero attached hydrogens (tertiary/aromatic N) is 3. The maximum atomic E-state index is 6.00. The molecule has 128 valence electrons. The van der Waals surface area contributed by atoms with Crippen LogP contribution in [0.2, 0.25) is 5.02 Å². The molecule has 0 saturated heterocycles. The second-order valence-electron chi connectivity index (χ2n) is 5.86. The molecule has 1 heterocycles. The first-order valence-electron chi connectivity index (χ1n) is 8.13. The number of benzene rings is 2. The van der Waals surface area contributed by atoms with Crippen molar-refractivity contribution < 1.29 is 0 Å². The molecular formula is C19H20ClN5. The van der Waals surface area contributed by atoms with Crippen molar-refractivity contribution in [3.05, 3.63) is 70.4 Å². The normalized spacial score (nSPS) is 10.5. The molecular weight excluding hydrogens is 334 g/mol. The summed E-state index contributed by atoms with van der Waals surface area (Å²) in [6.07, 6.45) is 2.47. The minimum atomic E-state index is 0.477. The third-order valence-corrected chi connectivity index (χ3v) is 4.12. The Bertz CT molecular complexity index is 846. The third kappa shape index (κ3) is 4.67. The van der Waals surface area contributed by atoms with Gasteiger partial charge in [0.2, 0.25) is 5.95 Å². The van der Waals surface area contributed by atoms with Crippen LogP contribution in [-0.4, -0.2) is 21.7 Å². The Morgan fingerprint density at radius 2 is 1.80 bits per heavy atom. The van der Waals surface area contributed by atoms with Crippen molar-refractivity contribution in [2.45, 2.75) is 20.3 Å². The summed E-state index contributed by atoms with van der Waals surface area (Å²) in [7, 11) is 0. The Labute approximate surface area is 152 Å². The second kappa shape index (κ2) is 7.94. The molecule has 25 heavy (non-hydrogen) atoms. The molecule has 3 aromatic rings. The van der Waals surface area contributed by atoms with Crippen LogP contribution in [-0.2, 0) is 6.42 Å². The summed E-state index contributed by atoms with van der Waals surface area (Å²) in [6, 6.07) is 14.0. The van der Waals surface area contributed by atoms with Crippen LogP contribution in [0.25, 0.3) is 0 Å². The highest BCUT2D eigenvalue weighted by molar-refractivity contribution is 6.30. The number of rotatable bonds is 6. The lowest BCUT2D eigenvalue weighted by Gasteiger charge is -2.11. The minimum absolute atomic E-state index is 0.477. The van der Waals surface area contributed by atoms with Gasteiger partial charge in [-0.15, -0.1) is 5.10 Å². The number of aryl methyl sites for hydroxylation is 2. The highest BCUT2D eigenvalue weighted by atomic mass is 35.5. The largest absolute Gasteiger partial charge is 0.368 e. The number of halogens is 1. The number of para-hydroxylation sites is 1. The monoisotopic (exact) mass is 353 g/mol. The van der Waals surface area contributed by atoms with E-state index in [-0.39, 0.29) is 0 Å². The molecule has 1 aromatic heterocycles. The zero-order valence-electron chi connectivity index (χ0n) is 14.3. The zero-order valence-corrected chi connectivity index (χ0v) is 15.0. The zero-order chi connectivity index (χ0) is 17.6. The van der Waals surface area contributed by atoms with Crippen LogP contribution >= 0.6 is 11.6 Å². The lowest BCUT2D eigenvalue weighted by Crippen LogP contribution is -2.09. The molecule has 0 spiro atoms. The van der Waals surface area contributed by atoms with Gasteiger partial charge in [-0.05, 0) is 49.1 Å². The van der Waals surface area contributed by atoms with Gasteiger partial charge in [-0.1, -0.05) is 41.9 Å². The summed E-state index contributed by atoms with van der Waals surface area (Å²) in [6.45, 7) is 4.84. The Balaban J connectivity index is 1.63. The van der Waals surface area contributed by atoms with Crippen molar-refractivity contribution in [2.75, 3.05) is 17.2 Å². The summed E-state index contributed by atoms with van der Waals surface area (Å²) in [4.78, 5) is 4.48. The molecule has 2 aromatic carbocycles. The number of aromatic nitrogens is 3. The van der Waals surface area contributed by atoms with Crippen molar-refractivity contribution in [3.8, 4) is 0 Å². The first-order chi connectivity index (χ1) is 12.1. The molecule has 0 aliphatic carbocycles. The van der Waals surface area contributed by atoms with E-state index < -0.39 is 0 Å². The average Bonchev–Trinajstić information content (AvgIpc) is 2.59. The van der Waals surface area contributed by atoms with Gasteiger partial charge < -0.3 is 10.6 Å². The fourth-order valence-electron chi connectivity index (χ4n) is 2.59. The Kier molecular flexibility index (Phi) is 5.46. The highest BCUT2D eigenvalue weighted by Crippen LogP contribution is 2.22. The van der Waals surface area contributed by atoms with Gasteiger partial charge in [-0.25, -0.2) is 0 Å². The molecule has 6 heteroatoms. The lowest BCUT2D eigenvalue weighted by atomic mass is 10.1. The minimum Gasteiger partial charge on any atom is -0.368 e. The van der Waals surface area contributed by atoms with E-state index in [1.54, 1.807) is 6.20 Å². The van der Waals surface area contributed by atoms with Crippen LogP contribution in [0.5, 0.6) is 0 Å². The molecule has 0 fully saturated rings. The fraction of sp³-hybridized carbons (Fsp3) is 0.211. The predicted molar refractivity (Wildman–Crippen MR) is 103 cm³/mol. The SMILES string of the molecule is Cc1cccc(C)c1Nc1nncc(NCCc2cccc(Cl)c2)n1. The van der Waals surface area contributed by atoms with Crippen LogP contribution in [0.4, 0.5) is 17.5 Å². The standard InChI is InChI=1S/C19H20ClN5/c1-13-5-3-6-14(2)18(13)24-19-23-17(12-22-25-19)21-10-9-15-7-4-8-16(20)11-15/h3-8,11-12H,9-10H2,1-2H3,(H2,21,23,24,25). The maximum absolute atomic E-state index is 6.00.